The third-order valence-electron chi connectivity index (χ3n) is 3.26. The average molecular weight is 272 g/mol. The van der Waals surface area contributed by atoms with Crippen LogP contribution in [-0.4, -0.2) is 26.6 Å². The fourth-order valence-corrected chi connectivity index (χ4v) is 2.04. The second kappa shape index (κ2) is 5.77. The number of anilines is 1. The summed E-state index contributed by atoms with van der Waals surface area (Å²) in [6.45, 7) is 4.57. The van der Waals surface area contributed by atoms with Crippen molar-refractivity contribution < 1.29 is 4.79 Å². The molecule has 5 nitrogen and oxygen atoms in total. The molecular formula is C15H20N4O. The van der Waals surface area contributed by atoms with E-state index in [1.807, 2.05) is 43.0 Å². The number of nitrogens with two attached hydrogens (primary N) is 1. The molecular weight excluding hydrogens is 252 g/mol. The topological polar surface area (TPSA) is 64.2 Å². The van der Waals surface area contributed by atoms with Crippen molar-refractivity contribution >= 4 is 11.6 Å². The molecule has 0 aliphatic rings. The van der Waals surface area contributed by atoms with Crippen molar-refractivity contribution in [2.24, 2.45) is 7.05 Å². The first-order valence-electron chi connectivity index (χ1n) is 6.62. The van der Waals surface area contributed by atoms with E-state index < -0.39 is 0 Å². The highest BCUT2D eigenvalue weighted by Crippen LogP contribution is 2.14. The van der Waals surface area contributed by atoms with E-state index in [1.54, 1.807) is 24.0 Å². The Morgan fingerprint density at radius 2 is 1.95 bits per heavy atom. The smallest absolute Gasteiger partial charge is 0.272 e. The zero-order valence-corrected chi connectivity index (χ0v) is 12.1. The normalized spacial score (nSPS) is 10.8. The molecule has 0 fully saturated rings. The Morgan fingerprint density at radius 1 is 1.30 bits per heavy atom. The zero-order valence-electron chi connectivity index (χ0n) is 12.1. The van der Waals surface area contributed by atoms with Gasteiger partial charge in [-0.15, -0.1) is 0 Å². The van der Waals surface area contributed by atoms with Crippen molar-refractivity contribution in [3.05, 3.63) is 47.8 Å². The third-order valence-corrected chi connectivity index (χ3v) is 3.26. The molecule has 106 valence electrons. The summed E-state index contributed by atoms with van der Waals surface area (Å²) >= 11 is 0. The van der Waals surface area contributed by atoms with Crippen LogP contribution >= 0.6 is 0 Å². The number of carbonyl (C=O) groups excluding carboxylic acids is 1. The van der Waals surface area contributed by atoms with Crippen LogP contribution in [0.3, 0.4) is 0 Å². The van der Waals surface area contributed by atoms with E-state index in [4.69, 9.17) is 5.73 Å². The van der Waals surface area contributed by atoms with Crippen molar-refractivity contribution in [3.63, 3.8) is 0 Å². The Hall–Kier alpha value is -2.30. The van der Waals surface area contributed by atoms with Crippen LogP contribution in [0.5, 0.6) is 0 Å². The minimum absolute atomic E-state index is 0.0168. The summed E-state index contributed by atoms with van der Waals surface area (Å²) in [5.41, 5.74) is 8.06. The summed E-state index contributed by atoms with van der Waals surface area (Å²) in [5, 5.41) is 4.05. The predicted octanol–water partition coefficient (Wildman–Crippen LogP) is 2.05. The molecule has 0 atom stereocenters. The summed E-state index contributed by atoms with van der Waals surface area (Å²) in [7, 11) is 1.77. The molecule has 0 spiro atoms. The van der Waals surface area contributed by atoms with Gasteiger partial charge in [0.2, 0.25) is 0 Å². The Bertz CT molecular complexity index is 586. The van der Waals surface area contributed by atoms with E-state index >= 15 is 0 Å². The largest absolute Gasteiger partial charge is 0.399 e. The molecule has 0 radical (unpaired) electrons. The fraction of sp³-hybridized carbons (Fsp3) is 0.333. The highest BCUT2D eigenvalue weighted by molar-refractivity contribution is 5.92. The number of aryl methyl sites for hydroxylation is 1. The number of nitrogen functional groups attached to an aromatic ring is 1. The van der Waals surface area contributed by atoms with Crippen LogP contribution in [0.15, 0.2) is 36.5 Å². The number of aromatic nitrogens is 2. The van der Waals surface area contributed by atoms with Crippen molar-refractivity contribution in [3.8, 4) is 0 Å². The van der Waals surface area contributed by atoms with Gasteiger partial charge < -0.3 is 10.6 Å². The quantitative estimate of drug-likeness (QED) is 0.866. The van der Waals surface area contributed by atoms with Gasteiger partial charge in [0, 0.05) is 31.5 Å². The van der Waals surface area contributed by atoms with Crippen LogP contribution in [0.2, 0.25) is 0 Å². The maximum absolute atomic E-state index is 12.6. The minimum atomic E-state index is -0.0168. The molecule has 0 aliphatic heterocycles. The minimum Gasteiger partial charge on any atom is -0.399 e. The first-order valence-corrected chi connectivity index (χ1v) is 6.62. The maximum Gasteiger partial charge on any atom is 0.272 e. The lowest BCUT2D eigenvalue weighted by atomic mass is 10.1. The van der Waals surface area contributed by atoms with Gasteiger partial charge in [0.25, 0.3) is 5.91 Å². The van der Waals surface area contributed by atoms with Gasteiger partial charge in [0.15, 0.2) is 0 Å². The van der Waals surface area contributed by atoms with Crippen molar-refractivity contribution in [1.82, 2.24) is 14.7 Å². The molecule has 0 bridgehead atoms. The van der Waals surface area contributed by atoms with Gasteiger partial charge in [-0.2, -0.15) is 5.10 Å². The van der Waals surface area contributed by atoms with E-state index in [1.165, 1.54) is 0 Å². The van der Waals surface area contributed by atoms with Crippen LogP contribution in [0.4, 0.5) is 5.69 Å². The molecule has 1 aromatic carbocycles. The van der Waals surface area contributed by atoms with Crippen molar-refractivity contribution in [2.45, 2.75) is 26.4 Å². The Labute approximate surface area is 119 Å². The Morgan fingerprint density at radius 3 is 2.45 bits per heavy atom. The van der Waals surface area contributed by atoms with Gasteiger partial charge in [-0.1, -0.05) is 12.1 Å². The molecule has 0 saturated heterocycles. The number of amides is 1. The zero-order chi connectivity index (χ0) is 14.7. The summed E-state index contributed by atoms with van der Waals surface area (Å²) in [6.07, 6.45) is 1.63. The SMILES string of the molecule is CC(C)N(Cc1ccc(N)cc1)C(=O)c1ccnn1C. The van der Waals surface area contributed by atoms with Crippen LogP contribution < -0.4 is 5.73 Å². The number of hydrogen-bond donors (Lipinski definition) is 1. The highest BCUT2D eigenvalue weighted by Gasteiger charge is 2.21. The van der Waals surface area contributed by atoms with E-state index in [2.05, 4.69) is 5.10 Å². The molecule has 0 aliphatic carbocycles. The van der Waals surface area contributed by atoms with Crippen molar-refractivity contribution in [2.75, 3.05) is 5.73 Å². The highest BCUT2D eigenvalue weighted by atomic mass is 16.2. The van der Waals surface area contributed by atoms with Gasteiger partial charge in [-0.3, -0.25) is 9.48 Å². The second-order valence-corrected chi connectivity index (χ2v) is 5.11. The van der Waals surface area contributed by atoms with E-state index in [0.29, 0.717) is 12.2 Å². The molecule has 1 heterocycles. The van der Waals surface area contributed by atoms with Crippen LogP contribution in [0.25, 0.3) is 0 Å². The Kier molecular flexibility index (Phi) is 4.08. The lowest BCUT2D eigenvalue weighted by Crippen LogP contribution is -2.37. The van der Waals surface area contributed by atoms with Crippen LogP contribution in [0, 0.1) is 0 Å². The molecule has 2 N–H and O–H groups in total. The number of hydrogen-bond acceptors (Lipinski definition) is 3. The summed E-state index contributed by atoms with van der Waals surface area (Å²) in [5.74, 6) is -0.0168. The van der Waals surface area contributed by atoms with E-state index in [0.717, 1.165) is 11.3 Å². The Balaban J connectivity index is 2.21. The van der Waals surface area contributed by atoms with Gasteiger partial charge >= 0.3 is 0 Å². The molecule has 0 unspecified atom stereocenters. The van der Waals surface area contributed by atoms with Gasteiger partial charge in [0.1, 0.15) is 5.69 Å². The molecule has 5 heteroatoms. The van der Waals surface area contributed by atoms with Gasteiger partial charge in [-0.25, -0.2) is 0 Å². The summed E-state index contributed by atoms with van der Waals surface area (Å²) in [6, 6.07) is 9.43. The van der Waals surface area contributed by atoms with E-state index in [9.17, 15) is 4.79 Å². The number of carbonyl (C=O) groups is 1. The molecule has 0 saturated carbocycles. The van der Waals surface area contributed by atoms with Gasteiger partial charge in [0.05, 0.1) is 0 Å². The number of benzene rings is 1. The first-order chi connectivity index (χ1) is 9.49. The molecule has 2 rings (SSSR count). The average Bonchev–Trinajstić information content (AvgIpc) is 2.83. The maximum atomic E-state index is 12.6. The molecule has 1 amide bonds. The molecule has 20 heavy (non-hydrogen) atoms. The third kappa shape index (κ3) is 2.99. The monoisotopic (exact) mass is 272 g/mol. The molecule has 1 aromatic heterocycles. The molecule has 2 aromatic rings. The number of nitrogens with zero attached hydrogens (tertiary/aromatic N) is 3. The predicted molar refractivity (Wildman–Crippen MR) is 79.1 cm³/mol. The fourth-order valence-electron chi connectivity index (χ4n) is 2.04. The van der Waals surface area contributed by atoms with Gasteiger partial charge in [-0.05, 0) is 37.6 Å². The second-order valence-electron chi connectivity index (χ2n) is 5.11. The lowest BCUT2D eigenvalue weighted by Gasteiger charge is -2.27. The summed E-state index contributed by atoms with van der Waals surface area (Å²) in [4.78, 5) is 14.4. The number of rotatable bonds is 4. The van der Waals surface area contributed by atoms with E-state index in [-0.39, 0.29) is 11.9 Å². The standard InChI is InChI=1S/C15H20N4O/c1-11(2)19(10-12-4-6-13(16)7-5-12)15(20)14-8-9-17-18(14)3/h4-9,11H,10,16H2,1-3H3. The van der Waals surface area contributed by atoms with Crippen LogP contribution in [0.1, 0.15) is 29.9 Å². The van der Waals surface area contributed by atoms with Crippen LogP contribution in [-0.2, 0) is 13.6 Å². The lowest BCUT2D eigenvalue weighted by molar-refractivity contribution is 0.0679. The first kappa shape index (κ1) is 14.1. The van der Waals surface area contributed by atoms with Crippen molar-refractivity contribution in [1.29, 1.82) is 0 Å². The summed E-state index contributed by atoms with van der Waals surface area (Å²) < 4.78 is 1.60.